The molecule has 1 fully saturated rings. The van der Waals surface area contributed by atoms with Crippen LogP contribution in [0.15, 0.2) is 53.9 Å². The second-order valence-electron chi connectivity index (χ2n) is 7.89. The first kappa shape index (κ1) is 21.3. The molecule has 1 saturated heterocycles. The molecule has 162 valence electrons. The highest BCUT2D eigenvalue weighted by Gasteiger charge is 2.23. The van der Waals surface area contributed by atoms with Crippen molar-refractivity contribution in [1.82, 2.24) is 14.8 Å². The van der Waals surface area contributed by atoms with Crippen LogP contribution in [0.5, 0.6) is 5.75 Å². The predicted molar refractivity (Wildman–Crippen MR) is 126 cm³/mol. The van der Waals surface area contributed by atoms with Crippen molar-refractivity contribution < 1.29 is 9.53 Å². The number of aromatic nitrogens is 1. The zero-order valence-corrected chi connectivity index (χ0v) is 19.1. The van der Waals surface area contributed by atoms with Crippen LogP contribution in [0.3, 0.4) is 0 Å². The quantitative estimate of drug-likeness (QED) is 0.588. The van der Waals surface area contributed by atoms with Crippen molar-refractivity contribution in [2.45, 2.75) is 6.54 Å². The topological polar surface area (TPSA) is 48.9 Å². The van der Waals surface area contributed by atoms with E-state index in [9.17, 15) is 4.79 Å². The molecule has 0 atom stereocenters. The Bertz CT molecular complexity index is 1020. The van der Waals surface area contributed by atoms with E-state index in [1.165, 1.54) is 0 Å². The van der Waals surface area contributed by atoms with Crippen molar-refractivity contribution in [3.05, 3.63) is 65.2 Å². The number of hydrogen-bond acceptors (Lipinski definition) is 6. The third-order valence-electron chi connectivity index (χ3n) is 5.54. The van der Waals surface area contributed by atoms with E-state index >= 15 is 0 Å². The van der Waals surface area contributed by atoms with Crippen molar-refractivity contribution in [1.29, 1.82) is 0 Å². The average Bonchev–Trinajstić information content (AvgIpc) is 3.27. The number of carbonyl (C=O) groups is 1. The van der Waals surface area contributed by atoms with E-state index in [4.69, 9.17) is 9.72 Å². The van der Waals surface area contributed by atoms with Crippen molar-refractivity contribution in [2.24, 2.45) is 0 Å². The van der Waals surface area contributed by atoms with Gasteiger partial charge in [-0.3, -0.25) is 9.69 Å². The highest BCUT2D eigenvalue weighted by atomic mass is 32.1. The van der Waals surface area contributed by atoms with Gasteiger partial charge in [0.25, 0.3) is 5.91 Å². The largest absolute Gasteiger partial charge is 0.497 e. The molecule has 0 radical (unpaired) electrons. The maximum atomic E-state index is 12.9. The molecule has 4 rings (SSSR count). The lowest BCUT2D eigenvalue weighted by Crippen LogP contribution is -2.48. The van der Waals surface area contributed by atoms with Crippen LogP contribution in [0.4, 0.5) is 5.69 Å². The van der Waals surface area contributed by atoms with E-state index < -0.39 is 0 Å². The average molecular weight is 437 g/mol. The number of carbonyl (C=O) groups excluding carboxylic acids is 1. The molecule has 6 nitrogen and oxygen atoms in total. The monoisotopic (exact) mass is 436 g/mol. The van der Waals surface area contributed by atoms with Gasteiger partial charge in [0.05, 0.1) is 12.8 Å². The summed E-state index contributed by atoms with van der Waals surface area (Å²) in [4.78, 5) is 24.1. The molecule has 0 spiro atoms. The Morgan fingerprint density at radius 3 is 2.52 bits per heavy atom. The molecule has 1 amide bonds. The Balaban J connectivity index is 1.33. The lowest BCUT2D eigenvalue weighted by Gasteiger charge is -2.34. The minimum absolute atomic E-state index is 0.110. The molecule has 3 aromatic rings. The molecule has 31 heavy (non-hydrogen) atoms. The summed E-state index contributed by atoms with van der Waals surface area (Å²) in [6.07, 6.45) is 0. The molecular formula is C24H28N4O2S. The fourth-order valence-electron chi connectivity index (χ4n) is 3.68. The second-order valence-corrected chi connectivity index (χ2v) is 8.74. The van der Waals surface area contributed by atoms with Crippen LogP contribution in [0.25, 0.3) is 10.6 Å². The Morgan fingerprint density at radius 2 is 1.84 bits per heavy atom. The third-order valence-corrected chi connectivity index (χ3v) is 6.48. The van der Waals surface area contributed by atoms with Gasteiger partial charge in [-0.2, -0.15) is 0 Å². The number of hydrogen-bond donors (Lipinski definition) is 0. The number of benzene rings is 2. The molecule has 1 aromatic heterocycles. The van der Waals surface area contributed by atoms with Gasteiger partial charge in [-0.15, -0.1) is 11.3 Å². The predicted octanol–water partition coefficient (Wildman–Crippen LogP) is 3.84. The van der Waals surface area contributed by atoms with Gasteiger partial charge < -0.3 is 14.5 Å². The van der Waals surface area contributed by atoms with Gasteiger partial charge in [-0.1, -0.05) is 6.07 Å². The number of anilines is 1. The van der Waals surface area contributed by atoms with Crippen LogP contribution >= 0.6 is 11.3 Å². The number of amides is 1. The van der Waals surface area contributed by atoms with E-state index in [0.717, 1.165) is 66.0 Å². The second kappa shape index (κ2) is 9.49. The van der Waals surface area contributed by atoms with Crippen LogP contribution in [0.2, 0.25) is 0 Å². The third kappa shape index (κ3) is 5.06. The standard InChI is InChI=1S/C24H28N4O2S/c1-26(2)21-6-4-5-19(15-21)24(29)28-13-11-27(12-14-28)16-20-17-31-23(25-20)18-7-9-22(30-3)10-8-18/h4-10,15,17H,11-14,16H2,1-3H3. The highest BCUT2D eigenvalue weighted by molar-refractivity contribution is 7.13. The van der Waals surface area contributed by atoms with Gasteiger partial charge >= 0.3 is 0 Å². The van der Waals surface area contributed by atoms with Gasteiger partial charge in [-0.25, -0.2) is 4.98 Å². The molecule has 0 bridgehead atoms. The van der Waals surface area contributed by atoms with Crippen molar-refractivity contribution in [3.63, 3.8) is 0 Å². The van der Waals surface area contributed by atoms with Crippen LogP contribution in [0.1, 0.15) is 16.1 Å². The minimum atomic E-state index is 0.110. The summed E-state index contributed by atoms with van der Waals surface area (Å²) in [5.74, 6) is 0.959. The maximum absolute atomic E-state index is 12.9. The summed E-state index contributed by atoms with van der Waals surface area (Å²) in [6, 6.07) is 15.8. The first-order valence-corrected chi connectivity index (χ1v) is 11.3. The Hall–Kier alpha value is -2.90. The van der Waals surface area contributed by atoms with Crippen LogP contribution in [-0.4, -0.2) is 68.1 Å². The van der Waals surface area contributed by atoms with Crippen LogP contribution in [-0.2, 0) is 6.54 Å². The molecule has 1 aliphatic rings. The molecule has 0 aliphatic carbocycles. The Morgan fingerprint density at radius 1 is 1.10 bits per heavy atom. The fraction of sp³-hybridized carbons (Fsp3) is 0.333. The van der Waals surface area contributed by atoms with E-state index in [0.29, 0.717) is 0 Å². The Kier molecular flexibility index (Phi) is 6.53. The summed E-state index contributed by atoms with van der Waals surface area (Å²) in [7, 11) is 5.65. The summed E-state index contributed by atoms with van der Waals surface area (Å²) < 4.78 is 5.23. The Labute approximate surface area is 187 Å². The molecular weight excluding hydrogens is 408 g/mol. The van der Waals surface area contributed by atoms with Gasteiger partial charge in [0.2, 0.25) is 0 Å². The number of nitrogens with zero attached hydrogens (tertiary/aromatic N) is 4. The fourth-order valence-corrected chi connectivity index (χ4v) is 4.50. The lowest BCUT2D eigenvalue weighted by molar-refractivity contribution is 0.0627. The van der Waals surface area contributed by atoms with E-state index in [1.807, 2.05) is 72.4 Å². The van der Waals surface area contributed by atoms with Gasteiger partial charge in [0, 0.05) is 69.0 Å². The minimum Gasteiger partial charge on any atom is -0.497 e. The van der Waals surface area contributed by atoms with Crippen molar-refractivity contribution in [2.75, 3.05) is 52.3 Å². The van der Waals surface area contributed by atoms with E-state index in [2.05, 4.69) is 10.3 Å². The zero-order chi connectivity index (χ0) is 21.8. The molecule has 0 saturated carbocycles. The molecule has 2 aromatic carbocycles. The van der Waals surface area contributed by atoms with Gasteiger partial charge in [0.1, 0.15) is 10.8 Å². The number of thiazole rings is 1. The van der Waals surface area contributed by atoms with Crippen molar-refractivity contribution in [3.8, 4) is 16.3 Å². The maximum Gasteiger partial charge on any atom is 0.254 e. The summed E-state index contributed by atoms with van der Waals surface area (Å²) in [6.45, 7) is 3.99. The summed E-state index contributed by atoms with van der Waals surface area (Å²) >= 11 is 1.66. The zero-order valence-electron chi connectivity index (χ0n) is 18.2. The van der Waals surface area contributed by atoms with Crippen molar-refractivity contribution >= 4 is 22.9 Å². The number of methoxy groups -OCH3 is 1. The summed E-state index contributed by atoms with van der Waals surface area (Å²) in [5.41, 5.74) is 3.98. The SMILES string of the molecule is COc1ccc(-c2nc(CN3CCN(C(=O)c4cccc(N(C)C)c4)CC3)cs2)cc1. The highest BCUT2D eigenvalue weighted by Crippen LogP contribution is 2.26. The molecule has 0 N–H and O–H groups in total. The smallest absolute Gasteiger partial charge is 0.254 e. The van der Waals surface area contributed by atoms with E-state index in [-0.39, 0.29) is 5.91 Å². The van der Waals surface area contributed by atoms with Gasteiger partial charge in [0.15, 0.2) is 0 Å². The molecule has 2 heterocycles. The van der Waals surface area contributed by atoms with Crippen LogP contribution in [0, 0.1) is 0 Å². The first-order valence-electron chi connectivity index (χ1n) is 10.4. The van der Waals surface area contributed by atoms with Gasteiger partial charge in [-0.05, 0) is 42.5 Å². The molecule has 0 unspecified atom stereocenters. The number of rotatable bonds is 6. The van der Waals surface area contributed by atoms with Crippen LogP contribution < -0.4 is 9.64 Å². The summed E-state index contributed by atoms with van der Waals surface area (Å²) in [5, 5.41) is 3.15. The first-order chi connectivity index (χ1) is 15.0. The normalized spacial score (nSPS) is 14.5. The number of piperazine rings is 1. The lowest BCUT2D eigenvalue weighted by atomic mass is 10.1. The van der Waals surface area contributed by atoms with E-state index in [1.54, 1.807) is 18.4 Å². The number of ether oxygens (including phenoxy) is 1. The molecule has 1 aliphatic heterocycles. The molecule has 7 heteroatoms.